The number of rotatable bonds is 2. The van der Waals surface area contributed by atoms with Crippen molar-refractivity contribution < 1.29 is 4.79 Å². The van der Waals surface area contributed by atoms with Crippen LogP contribution < -0.4 is 10.6 Å². The number of anilines is 2. The fourth-order valence-electron chi connectivity index (χ4n) is 1.99. The molecule has 3 aromatic rings. The molecule has 0 aliphatic rings. The number of aromatic nitrogens is 4. The van der Waals surface area contributed by atoms with Gasteiger partial charge in [-0.1, -0.05) is 5.92 Å². The smallest absolute Gasteiger partial charge is 0.222 e. The van der Waals surface area contributed by atoms with Gasteiger partial charge >= 0.3 is 0 Å². The largest absolute Gasteiger partial charge is 0.373 e. The van der Waals surface area contributed by atoms with Crippen LogP contribution in [0.15, 0.2) is 36.7 Å². The molecule has 3 aromatic heterocycles. The molecule has 0 bridgehead atoms. The van der Waals surface area contributed by atoms with E-state index in [1.807, 2.05) is 12.1 Å². The molecule has 3 heterocycles. The number of hydrogen-bond donors (Lipinski definition) is 2. The second-order valence-electron chi connectivity index (χ2n) is 4.74. The number of nitrogens with zero attached hydrogens (tertiary/aromatic N) is 4. The maximum Gasteiger partial charge on any atom is 0.222 e. The average molecular weight is 306 g/mol. The third-order valence-corrected chi connectivity index (χ3v) is 3.02. The van der Waals surface area contributed by atoms with Gasteiger partial charge in [0.15, 0.2) is 11.5 Å². The van der Waals surface area contributed by atoms with E-state index >= 15 is 0 Å². The normalized spacial score (nSPS) is 10.0. The summed E-state index contributed by atoms with van der Waals surface area (Å²) in [6, 6.07) is 7.15. The van der Waals surface area contributed by atoms with Gasteiger partial charge in [-0.15, -0.1) is 5.10 Å². The number of pyridine rings is 1. The van der Waals surface area contributed by atoms with Crippen molar-refractivity contribution in [3.8, 4) is 11.8 Å². The Morgan fingerprint density at radius 3 is 2.83 bits per heavy atom. The van der Waals surface area contributed by atoms with Crippen molar-refractivity contribution in [2.75, 3.05) is 17.7 Å². The van der Waals surface area contributed by atoms with Gasteiger partial charge < -0.3 is 10.6 Å². The zero-order chi connectivity index (χ0) is 16.2. The van der Waals surface area contributed by atoms with Gasteiger partial charge in [0, 0.05) is 25.7 Å². The lowest BCUT2D eigenvalue weighted by molar-refractivity contribution is -0.114. The Labute approximate surface area is 132 Å². The standard InChI is InChI=1S/C16H14N6O/c1-11(23)20-14-5-6-16-19-10-13(22(16)21-14)4-3-12-7-8-18-15(9-12)17-2/h5-10H,1-2H3,(H,17,18)(H,20,21,23). The molecule has 0 saturated carbocycles. The first-order valence-corrected chi connectivity index (χ1v) is 6.94. The Morgan fingerprint density at radius 1 is 1.17 bits per heavy atom. The van der Waals surface area contributed by atoms with Crippen molar-refractivity contribution in [2.45, 2.75) is 6.92 Å². The van der Waals surface area contributed by atoms with E-state index in [4.69, 9.17) is 0 Å². The SMILES string of the molecule is CNc1cc(C#Cc2cnc3ccc(NC(C)=O)nn23)ccn1. The van der Waals surface area contributed by atoms with E-state index in [0.717, 1.165) is 11.4 Å². The molecule has 0 radical (unpaired) electrons. The van der Waals surface area contributed by atoms with Gasteiger partial charge in [0.2, 0.25) is 5.91 Å². The van der Waals surface area contributed by atoms with Gasteiger partial charge in [0.25, 0.3) is 0 Å². The molecule has 0 spiro atoms. The highest BCUT2D eigenvalue weighted by molar-refractivity contribution is 5.87. The van der Waals surface area contributed by atoms with Crippen molar-refractivity contribution in [3.05, 3.63) is 47.9 Å². The summed E-state index contributed by atoms with van der Waals surface area (Å²) in [6.07, 6.45) is 3.34. The third-order valence-electron chi connectivity index (χ3n) is 3.02. The molecule has 0 saturated heterocycles. The summed E-state index contributed by atoms with van der Waals surface area (Å²) < 4.78 is 1.60. The van der Waals surface area contributed by atoms with E-state index in [9.17, 15) is 4.79 Å². The quantitative estimate of drug-likeness (QED) is 0.701. The lowest BCUT2D eigenvalue weighted by Gasteiger charge is -2.01. The highest BCUT2D eigenvalue weighted by Crippen LogP contribution is 2.09. The van der Waals surface area contributed by atoms with Crippen LogP contribution in [0.25, 0.3) is 5.65 Å². The van der Waals surface area contributed by atoms with Gasteiger partial charge in [-0.2, -0.15) is 0 Å². The predicted octanol–water partition coefficient (Wildman–Crippen LogP) is 1.52. The molecule has 7 nitrogen and oxygen atoms in total. The summed E-state index contributed by atoms with van der Waals surface area (Å²) in [6.45, 7) is 1.43. The second kappa shape index (κ2) is 6.15. The summed E-state index contributed by atoms with van der Waals surface area (Å²) in [5.41, 5.74) is 2.13. The summed E-state index contributed by atoms with van der Waals surface area (Å²) in [5.74, 6) is 7.11. The lowest BCUT2D eigenvalue weighted by atomic mass is 10.2. The van der Waals surface area contributed by atoms with E-state index < -0.39 is 0 Å². The molecule has 0 aliphatic carbocycles. The third kappa shape index (κ3) is 3.27. The zero-order valence-electron chi connectivity index (χ0n) is 12.7. The van der Waals surface area contributed by atoms with E-state index in [2.05, 4.69) is 37.5 Å². The molecule has 1 amide bonds. The van der Waals surface area contributed by atoms with Crippen LogP contribution in [-0.4, -0.2) is 32.5 Å². The molecule has 0 atom stereocenters. The monoisotopic (exact) mass is 306 g/mol. The maximum atomic E-state index is 11.1. The highest BCUT2D eigenvalue weighted by atomic mass is 16.1. The Kier molecular flexibility index (Phi) is 3.89. The van der Waals surface area contributed by atoms with Crippen molar-refractivity contribution >= 4 is 23.2 Å². The number of fused-ring (bicyclic) bond motifs is 1. The number of imidazole rings is 1. The fraction of sp³-hybridized carbons (Fsp3) is 0.125. The number of hydrogen-bond acceptors (Lipinski definition) is 5. The summed E-state index contributed by atoms with van der Waals surface area (Å²) in [4.78, 5) is 19.5. The van der Waals surface area contributed by atoms with Crippen LogP contribution in [0.1, 0.15) is 18.2 Å². The lowest BCUT2D eigenvalue weighted by Crippen LogP contribution is -2.09. The Balaban J connectivity index is 1.97. The molecule has 0 fully saturated rings. The zero-order valence-corrected chi connectivity index (χ0v) is 12.7. The molecule has 0 unspecified atom stereocenters. The summed E-state index contributed by atoms with van der Waals surface area (Å²) in [7, 11) is 1.80. The average Bonchev–Trinajstić information content (AvgIpc) is 2.95. The molecule has 7 heteroatoms. The van der Waals surface area contributed by atoms with Crippen molar-refractivity contribution in [1.29, 1.82) is 0 Å². The summed E-state index contributed by atoms with van der Waals surface area (Å²) in [5, 5.41) is 9.92. The minimum Gasteiger partial charge on any atom is -0.373 e. The molecule has 114 valence electrons. The van der Waals surface area contributed by atoms with Crippen LogP contribution in [0.5, 0.6) is 0 Å². The van der Waals surface area contributed by atoms with Gasteiger partial charge in [0.05, 0.1) is 6.20 Å². The van der Waals surface area contributed by atoms with Gasteiger partial charge in [-0.05, 0) is 30.2 Å². The predicted molar refractivity (Wildman–Crippen MR) is 87.1 cm³/mol. The van der Waals surface area contributed by atoms with Crippen molar-refractivity contribution in [1.82, 2.24) is 19.6 Å². The molecule has 3 rings (SSSR count). The van der Waals surface area contributed by atoms with E-state index in [1.54, 1.807) is 36.1 Å². The van der Waals surface area contributed by atoms with Crippen LogP contribution in [0.2, 0.25) is 0 Å². The molecule has 0 aromatic carbocycles. The number of carbonyl (C=O) groups is 1. The maximum absolute atomic E-state index is 11.1. The Morgan fingerprint density at radius 2 is 2.04 bits per heavy atom. The molecular weight excluding hydrogens is 292 g/mol. The second-order valence-corrected chi connectivity index (χ2v) is 4.74. The fourth-order valence-corrected chi connectivity index (χ4v) is 1.99. The first kappa shape index (κ1) is 14.5. The van der Waals surface area contributed by atoms with Gasteiger partial charge in [-0.3, -0.25) is 4.79 Å². The minimum atomic E-state index is -0.180. The first-order valence-electron chi connectivity index (χ1n) is 6.94. The van der Waals surface area contributed by atoms with Crippen LogP contribution in [-0.2, 0) is 4.79 Å². The number of amides is 1. The topological polar surface area (TPSA) is 84.2 Å². The molecular formula is C16H14N6O. The first-order chi connectivity index (χ1) is 11.2. The van der Waals surface area contributed by atoms with Gasteiger partial charge in [0.1, 0.15) is 11.5 Å². The summed E-state index contributed by atoms with van der Waals surface area (Å²) >= 11 is 0. The highest BCUT2D eigenvalue weighted by Gasteiger charge is 2.04. The van der Waals surface area contributed by atoms with E-state index in [-0.39, 0.29) is 5.91 Å². The number of nitrogens with one attached hydrogen (secondary N) is 2. The van der Waals surface area contributed by atoms with E-state index in [0.29, 0.717) is 17.2 Å². The van der Waals surface area contributed by atoms with Gasteiger partial charge in [-0.25, -0.2) is 14.5 Å². The van der Waals surface area contributed by atoms with Crippen LogP contribution in [0.3, 0.4) is 0 Å². The van der Waals surface area contributed by atoms with Crippen LogP contribution >= 0.6 is 0 Å². The Hall–Kier alpha value is -3.40. The molecule has 0 aliphatic heterocycles. The minimum absolute atomic E-state index is 0.180. The molecule has 2 N–H and O–H groups in total. The van der Waals surface area contributed by atoms with Crippen LogP contribution in [0, 0.1) is 11.8 Å². The Bertz CT molecular complexity index is 934. The van der Waals surface area contributed by atoms with E-state index in [1.165, 1.54) is 6.92 Å². The van der Waals surface area contributed by atoms with Crippen molar-refractivity contribution in [2.24, 2.45) is 0 Å². The van der Waals surface area contributed by atoms with Crippen LogP contribution in [0.4, 0.5) is 11.6 Å². The molecule has 23 heavy (non-hydrogen) atoms. The van der Waals surface area contributed by atoms with Crippen molar-refractivity contribution in [3.63, 3.8) is 0 Å². The number of carbonyl (C=O) groups excluding carboxylic acids is 1.